The van der Waals surface area contributed by atoms with E-state index in [2.05, 4.69) is 34.6 Å². The lowest BCUT2D eigenvalue weighted by Crippen LogP contribution is -2.60. The lowest BCUT2D eigenvalue weighted by atomic mass is 9.74. The average molecular weight is 517 g/mol. The van der Waals surface area contributed by atoms with Gasteiger partial charge >= 0.3 is 5.97 Å². The summed E-state index contributed by atoms with van der Waals surface area (Å²) >= 11 is 0. The Hall–Kier alpha value is -2.19. The van der Waals surface area contributed by atoms with Crippen LogP contribution >= 0.6 is 0 Å². The van der Waals surface area contributed by atoms with Crippen molar-refractivity contribution < 1.29 is 29.0 Å². The van der Waals surface area contributed by atoms with E-state index in [-0.39, 0.29) is 30.4 Å². The van der Waals surface area contributed by atoms with Gasteiger partial charge in [-0.15, -0.1) is 0 Å². The predicted molar refractivity (Wildman–Crippen MR) is 139 cm³/mol. The fraction of sp³-hybridized carbons (Fsp3) is 0.759. The minimum atomic E-state index is -1.26. The quantitative estimate of drug-likeness (QED) is 0.317. The molecule has 2 saturated heterocycles. The smallest absolute Gasteiger partial charge is 0.313 e. The second-order valence-corrected chi connectivity index (χ2v) is 13.1. The summed E-state index contributed by atoms with van der Waals surface area (Å²) in [6.07, 6.45) is 11.0. The van der Waals surface area contributed by atoms with Crippen LogP contribution in [-0.2, 0) is 23.9 Å². The fourth-order valence-electron chi connectivity index (χ4n) is 7.24. The first kappa shape index (κ1) is 27.8. The number of aliphatic hydroxyl groups is 1. The molecule has 4 heterocycles. The number of aliphatic hydroxyl groups excluding tert-OH is 1. The summed E-state index contributed by atoms with van der Waals surface area (Å²) in [5, 5.41) is 9.23. The Morgan fingerprint density at radius 1 is 1.00 bits per heavy atom. The van der Waals surface area contributed by atoms with Gasteiger partial charge < -0.3 is 24.4 Å². The van der Waals surface area contributed by atoms with Crippen LogP contribution in [-0.4, -0.2) is 81.8 Å². The summed E-state index contributed by atoms with van der Waals surface area (Å²) in [5.74, 6) is -2.51. The zero-order valence-electron chi connectivity index (χ0n) is 23.3. The standard InChI is InChI=1S/C29H44N2O6/c1-26(2,3)19-27(4,5)31-16-12-14-29-20(21-25(35)36-18-11-8-13-28(21,6)37-29)23(33)30(22(29)24(31)34)15-9-7-10-17-32/h8,12-14,20-22,32H,7,9-11,15-19H2,1-6H3/t20-,21-,22?,28+,29-/m0/s1. The van der Waals surface area contributed by atoms with Crippen molar-refractivity contribution >= 4 is 17.8 Å². The van der Waals surface area contributed by atoms with Crippen LogP contribution in [0.25, 0.3) is 0 Å². The second kappa shape index (κ2) is 9.84. The zero-order chi connectivity index (χ0) is 27.2. The number of ether oxygens (including phenoxy) is 2. The van der Waals surface area contributed by atoms with Crippen molar-refractivity contribution in [1.82, 2.24) is 9.80 Å². The number of rotatable bonds is 7. The first-order valence-corrected chi connectivity index (χ1v) is 13.7. The number of carbonyl (C=O) groups excluding carboxylic acids is 3. The molecule has 37 heavy (non-hydrogen) atoms. The lowest BCUT2D eigenvalue weighted by Gasteiger charge is -2.45. The number of hydrogen-bond acceptors (Lipinski definition) is 6. The van der Waals surface area contributed by atoms with Gasteiger partial charge in [-0.2, -0.15) is 0 Å². The molecule has 2 fully saturated rings. The van der Waals surface area contributed by atoms with Crippen molar-refractivity contribution in [3.05, 3.63) is 24.3 Å². The SMILES string of the molecule is CC(C)(C)CC(C)(C)N1CC=C[C@]23O[C@]4(C)C=CCCOC(=O)[C@@H]4[C@H]2C(=O)N(CCCCCO)C3C1=O. The van der Waals surface area contributed by atoms with Crippen LogP contribution in [0.15, 0.2) is 24.3 Å². The summed E-state index contributed by atoms with van der Waals surface area (Å²) in [6, 6.07) is -0.872. The number of amides is 2. The van der Waals surface area contributed by atoms with Crippen LogP contribution in [0.1, 0.15) is 73.6 Å². The third-order valence-corrected chi connectivity index (χ3v) is 8.27. The normalized spacial score (nSPS) is 34.0. The number of unbranched alkanes of at least 4 members (excludes halogenated alkanes) is 2. The van der Waals surface area contributed by atoms with Gasteiger partial charge in [-0.05, 0) is 58.3 Å². The molecule has 1 unspecified atom stereocenters. The van der Waals surface area contributed by atoms with Crippen LogP contribution < -0.4 is 0 Å². The Morgan fingerprint density at radius 2 is 1.73 bits per heavy atom. The first-order chi connectivity index (χ1) is 17.3. The number of fused-ring (bicyclic) bond motifs is 2. The van der Waals surface area contributed by atoms with Crippen LogP contribution in [0.3, 0.4) is 0 Å². The summed E-state index contributed by atoms with van der Waals surface area (Å²) < 4.78 is 12.3. The Kier molecular flexibility index (Phi) is 7.40. The van der Waals surface area contributed by atoms with Gasteiger partial charge in [0, 0.05) is 25.2 Å². The van der Waals surface area contributed by atoms with Gasteiger partial charge in [0.1, 0.15) is 17.6 Å². The number of hydrogen-bond donors (Lipinski definition) is 1. The molecule has 206 valence electrons. The summed E-state index contributed by atoms with van der Waals surface area (Å²) in [4.78, 5) is 45.5. The number of cyclic esters (lactones) is 1. The Balaban J connectivity index is 1.80. The maximum absolute atomic E-state index is 14.5. The molecule has 1 spiro atoms. The molecular formula is C29H44N2O6. The molecule has 0 aromatic carbocycles. The van der Waals surface area contributed by atoms with Crippen LogP contribution in [0.5, 0.6) is 0 Å². The highest BCUT2D eigenvalue weighted by Gasteiger charge is 2.74. The van der Waals surface area contributed by atoms with Gasteiger partial charge in [0.15, 0.2) is 0 Å². The van der Waals surface area contributed by atoms with Crippen molar-refractivity contribution in [3.63, 3.8) is 0 Å². The monoisotopic (exact) mass is 516 g/mol. The molecule has 0 bridgehead atoms. The third kappa shape index (κ3) is 4.87. The van der Waals surface area contributed by atoms with Crippen molar-refractivity contribution in [3.8, 4) is 0 Å². The molecule has 0 aromatic heterocycles. The van der Waals surface area contributed by atoms with Crippen molar-refractivity contribution in [2.75, 3.05) is 26.3 Å². The van der Waals surface area contributed by atoms with Crippen molar-refractivity contribution in [1.29, 1.82) is 0 Å². The summed E-state index contributed by atoms with van der Waals surface area (Å²) in [6.45, 7) is 13.6. The molecule has 1 N–H and O–H groups in total. The van der Waals surface area contributed by atoms with Gasteiger partial charge in [-0.25, -0.2) is 0 Å². The van der Waals surface area contributed by atoms with Crippen molar-refractivity contribution in [2.24, 2.45) is 17.3 Å². The highest BCUT2D eigenvalue weighted by atomic mass is 16.6. The topological polar surface area (TPSA) is 96.4 Å². The van der Waals surface area contributed by atoms with Crippen LogP contribution in [0.4, 0.5) is 0 Å². The van der Waals surface area contributed by atoms with E-state index in [1.807, 2.05) is 36.1 Å². The van der Waals surface area contributed by atoms with Crippen LogP contribution in [0.2, 0.25) is 0 Å². The zero-order valence-corrected chi connectivity index (χ0v) is 23.3. The number of esters is 1. The highest BCUT2D eigenvalue weighted by molar-refractivity contribution is 5.99. The van der Waals surface area contributed by atoms with E-state index in [4.69, 9.17) is 9.47 Å². The first-order valence-electron chi connectivity index (χ1n) is 13.7. The molecule has 2 amide bonds. The maximum Gasteiger partial charge on any atom is 0.313 e. The Labute approximate surface area is 221 Å². The molecule has 0 aliphatic carbocycles. The van der Waals surface area contributed by atoms with E-state index in [0.717, 1.165) is 12.8 Å². The molecule has 4 aliphatic heterocycles. The van der Waals surface area contributed by atoms with Crippen molar-refractivity contribution in [2.45, 2.75) is 96.4 Å². The molecular weight excluding hydrogens is 472 g/mol. The van der Waals surface area contributed by atoms with Crippen LogP contribution in [0, 0.1) is 17.3 Å². The van der Waals surface area contributed by atoms with Gasteiger partial charge in [0.25, 0.3) is 0 Å². The minimum Gasteiger partial charge on any atom is -0.465 e. The number of likely N-dealkylation sites (tertiary alicyclic amines) is 1. The van der Waals surface area contributed by atoms with E-state index >= 15 is 0 Å². The molecule has 0 saturated carbocycles. The van der Waals surface area contributed by atoms with Gasteiger partial charge in [0.2, 0.25) is 11.8 Å². The third-order valence-electron chi connectivity index (χ3n) is 8.27. The Bertz CT molecular complexity index is 981. The molecule has 8 heteroatoms. The molecule has 0 aromatic rings. The van der Waals surface area contributed by atoms with Gasteiger partial charge in [-0.1, -0.05) is 45.1 Å². The lowest BCUT2D eigenvalue weighted by molar-refractivity contribution is -0.161. The van der Waals surface area contributed by atoms with E-state index in [9.17, 15) is 19.5 Å². The molecule has 8 nitrogen and oxygen atoms in total. The van der Waals surface area contributed by atoms with Gasteiger partial charge in [-0.3, -0.25) is 14.4 Å². The molecule has 4 aliphatic rings. The molecule has 4 rings (SSSR count). The van der Waals surface area contributed by atoms with E-state index in [1.54, 1.807) is 4.90 Å². The highest BCUT2D eigenvalue weighted by Crippen LogP contribution is 2.57. The molecule has 0 radical (unpaired) electrons. The summed E-state index contributed by atoms with van der Waals surface area (Å²) in [5.41, 5.74) is -2.78. The fourth-order valence-corrected chi connectivity index (χ4v) is 7.24. The average Bonchev–Trinajstić information content (AvgIpc) is 3.08. The van der Waals surface area contributed by atoms with E-state index in [1.165, 1.54) is 0 Å². The van der Waals surface area contributed by atoms with E-state index in [0.29, 0.717) is 32.4 Å². The number of nitrogens with zero attached hydrogens (tertiary/aromatic N) is 2. The predicted octanol–water partition coefficient (Wildman–Crippen LogP) is 3.24. The molecule has 5 atom stereocenters. The Morgan fingerprint density at radius 3 is 2.41 bits per heavy atom. The largest absolute Gasteiger partial charge is 0.465 e. The second-order valence-electron chi connectivity index (χ2n) is 13.1. The van der Waals surface area contributed by atoms with Gasteiger partial charge in [0.05, 0.1) is 18.1 Å². The maximum atomic E-state index is 14.5. The summed E-state index contributed by atoms with van der Waals surface area (Å²) in [7, 11) is 0. The van der Waals surface area contributed by atoms with E-state index < -0.39 is 40.6 Å². The number of carbonyl (C=O) groups is 3. The minimum absolute atomic E-state index is 0.00711.